The number of benzene rings is 2. The molecule has 0 atom stereocenters. The van der Waals surface area contributed by atoms with Gasteiger partial charge in [0.1, 0.15) is 12.4 Å². The Bertz CT molecular complexity index is 918. The highest BCUT2D eigenvalue weighted by molar-refractivity contribution is 5.79. The third-order valence-corrected chi connectivity index (χ3v) is 4.76. The maximum Gasteiger partial charge on any atom is 0.191 e. The van der Waals surface area contributed by atoms with Gasteiger partial charge in [0.2, 0.25) is 0 Å². The third-order valence-electron chi connectivity index (χ3n) is 4.76. The van der Waals surface area contributed by atoms with Crippen LogP contribution in [-0.4, -0.2) is 39.4 Å². The van der Waals surface area contributed by atoms with E-state index in [1.165, 1.54) is 11.1 Å². The Morgan fingerprint density at radius 2 is 2.03 bits per heavy atom. The average Bonchev–Trinajstić information content (AvgIpc) is 3.24. The molecule has 0 radical (unpaired) electrons. The molecule has 1 aliphatic heterocycles. The molecule has 158 valence electrons. The molecule has 6 heteroatoms. The summed E-state index contributed by atoms with van der Waals surface area (Å²) < 4.78 is 16.5. The van der Waals surface area contributed by atoms with E-state index in [-0.39, 0.29) is 6.61 Å². The second-order valence-corrected chi connectivity index (χ2v) is 6.89. The lowest BCUT2D eigenvalue weighted by molar-refractivity contribution is 0.330. The molecule has 0 aliphatic carbocycles. The Hall–Kier alpha value is -3.33. The van der Waals surface area contributed by atoms with E-state index in [1.54, 1.807) is 7.11 Å². The lowest BCUT2D eigenvalue weighted by Gasteiger charge is -2.13. The first-order valence-corrected chi connectivity index (χ1v) is 10.2. The highest BCUT2D eigenvalue weighted by Crippen LogP contribution is 2.28. The largest absolute Gasteiger partial charge is 0.493 e. The van der Waals surface area contributed by atoms with E-state index in [0.29, 0.717) is 18.0 Å². The number of hydrogen-bond acceptors (Lipinski definition) is 4. The van der Waals surface area contributed by atoms with E-state index >= 15 is 0 Å². The van der Waals surface area contributed by atoms with E-state index < -0.39 is 0 Å². The lowest BCUT2D eigenvalue weighted by Crippen LogP contribution is -2.38. The molecule has 30 heavy (non-hydrogen) atoms. The van der Waals surface area contributed by atoms with Gasteiger partial charge in [-0.2, -0.15) is 0 Å². The van der Waals surface area contributed by atoms with E-state index in [9.17, 15) is 0 Å². The van der Waals surface area contributed by atoms with Crippen molar-refractivity contribution in [3.8, 4) is 29.6 Å². The number of rotatable bonds is 9. The van der Waals surface area contributed by atoms with Crippen molar-refractivity contribution in [3.05, 3.63) is 53.1 Å². The molecule has 2 aromatic carbocycles. The zero-order valence-corrected chi connectivity index (χ0v) is 17.7. The monoisotopic (exact) mass is 407 g/mol. The Labute approximate surface area is 178 Å². The van der Waals surface area contributed by atoms with Gasteiger partial charge in [-0.3, -0.25) is 0 Å². The quantitative estimate of drug-likeness (QED) is 0.380. The fourth-order valence-electron chi connectivity index (χ4n) is 3.28. The van der Waals surface area contributed by atoms with Crippen LogP contribution in [0.3, 0.4) is 0 Å². The molecule has 0 amide bonds. The molecule has 1 heterocycles. The van der Waals surface area contributed by atoms with Crippen molar-refractivity contribution in [2.75, 3.05) is 33.4 Å². The number of aliphatic imine (C=N–C) groups is 1. The molecule has 2 N–H and O–H groups in total. The van der Waals surface area contributed by atoms with E-state index in [2.05, 4.69) is 46.7 Å². The normalized spacial score (nSPS) is 12.5. The number of guanidine groups is 1. The molecule has 0 aromatic heterocycles. The van der Waals surface area contributed by atoms with Crippen LogP contribution in [0.4, 0.5) is 0 Å². The van der Waals surface area contributed by atoms with Gasteiger partial charge in [-0.1, -0.05) is 24.1 Å². The molecule has 3 rings (SSSR count). The van der Waals surface area contributed by atoms with Crippen LogP contribution in [-0.2, 0) is 19.4 Å². The van der Waals surface area contributed by atoms with Crippen LogP contribution in [0.15, 0.2) is 41.4 Å². The van der Waals surface area contributed by atoms with E-state index in [0.717, 1.165) is 49.8 Å². The van der Waals surface area contributed by atoms with Gasteiger partial charge in [-0.05, 0) is 48.2 Å². The van der Waals surface area contributed by atoms with Gasteiger partial charge >= 0.3 is 0 Å². The summed E-state index contributed by atoms with van der Waals surface area (Å²) in [5.41, 5.74) is 3.61. The first-order valence-electron chi connectivity index (χ1n) is 10.2. The molecule has 0 unspecified atom stereocenters. The number of nitrogens with one attached hydrogen (secondary N) is 2. The minimum absolute atomic E-state index is 0.197. The molecule has 0 saturated heterocycles. The molecule has 0 saturated carbocycles. The Morgan fingerprint density at radius 3 is 2.83 bits per heavy atom. The van der Waals surface area contributed by atoms with Crippen LogP contribution in [0.1, 0.15) is 23.6 Å². The Balaban J connectivity index is 1.58. The number of methoxy groups -OCH3 is 1. The first-order chi connectivity index (χ1) is 14.7. The summed E-state index contributed by atoms with van der Waals surface area (Å²) in [7, 11) is 1.61. The minimum atomic E-state index is 0.197. The summed E-state index contributed by atoms with van der Waals surface area (Å²) in [5.74, 6) is 5.56. The van der Waals surface area contributed by atoms with Crippen molar-refractivity contribution < 1.29 is 14.2 Å². The molecule has 2 aromatic rings. The summed E-state index contributed by atoms with van der Waals surface area (Å²) in [5, 5.41) is 6.69. The number of ether oxygens (including phenoxy) is 3. The molecular formula is C24H29N3O3. The van der Waals surface area contributed by atoms with Crippen molar-refractivity contribution in [2.45, 2.75) is 26.3 Å². The average molecular weight is 408 g/mol. The number of hydrogen-bond donors (Lipinski definition) is 2. The second-order valence-electron chi connectivity index (χ2n) is 6.89. The zero-order valence-electron chi connectivity index (χ0n) is 17.7. The molecule has 0 bridgehead atoms. The van der Waals surface area contributed by atoms with Crippen molar-refractivity contribution in [3.63, 3.8) is 0 Å². The van der Waals surface area contributed by atoms with Crippen molar-refractivity contribution in [2.24, 2.45) is 4.99 Å². The topological polar surface area (TPSA) is 64.1 Å². The zero-order chi connectivity index (χ0) is 21.2. The van der Waals surface area contributed by atoms with Gasteiger partial charge in [0.15, 0.2) is 17.5 Å². The van der Waals surface area contributed by atoms with E-state index in [4.69, 9.17) is 20.6 Å². The Kier molecular flexibility index (Phi) is 7.85. The summed E-state index contributed by atoms with van der Waals surface area (Å²) in [6.45, 7) is 5.14. The maximum absolute atomic E-state index is 5.58. The van der Waals surface area contributed by atoms with Gasteiger partial charge in [-0.15, -0.1) is 6.42 Å². The van der Waals surface area contributed by atoms with Crippen LogP contribution >= 0.6 is 0 Å². The number of terminal acetylenes is 1. The standard InChI is InChI=1S/C24H29N3O3/c1-4-13-29-23-16-19(7-9-22(23)28-3)17-27-24(25-5-2)26-12-10-18-6-8-21-20(15-18)11-14-30-21/h1,6-9,15-16H,5,10-14,17H2,2-3H3,(H2,25,26,27). The summed E-state index contributed by atoms with van der Waals surface area (Å²) in [6.07, 6.45) is 7.21. The fraction of sp³-hybridized carbons (Fsp3) is 0.375. The van der Waals surface area contributed by atoms with Crippen molar-refractivity contribution >= 4 is 5.96 Å². The van der Waals surface area contributed by atoms with Crippen LogP contribution < -0.4 is 24.8 Å². The minimum Gasteiger partial charge on any atom is -0.493 e. The molecule has 0 spiro atoms. The highest BCUT2D eigenvalue weighted by Gasteiger charge is 2.12. The first kappa shape index (κ1) is 21.4. The maximum atomic E-state index is 5.58. The molecule has 1 aliphatic rings. The van der Waals surface area contributed by atoms with Gasteiger partial charge in [0, 0.05) is 19.5 Å². The predicted molar refractivity (Wildman–Crippen MR) is 119 cm³/mol. The molecule has 6 nitrogen and oxygen atoms in total. The van der Waals surface area contributed by atoms with Gasteiger partial charge in [-0.25, -0.2) is 4.99 Å². The number of nitrogens with zero attached hydrogens (tertiary/aromatic N) is 1. The van der Waals surface area contributed by atoms with Crippen molar-refractivity contribution in [1.82, 2.24) is 10.6 Å². The molecular weight excluding hydrogens is 378 g/mol. The SMILES string of the molecule is C#CCOc1cc(CN=C(NCC)NCCc2ccc3c(c2)CCO3)ccc1OC. The summed E-state index contributed by atoms with van der Waals surface area (Å²) in [4.78, 5) is 4.69. The lowest BCUT2D eigenvalue weighted by atomic mass is 10.1. The third kappa shape index (κ3) is 5.84. The van der Waals surface area contributed by atoms with Gasteiger partial charge < -0.3 is 24.8 Å². The fourth-order valence-corrected chi connectivity index (χ4v) is 3.28. The van der Waals surface area contributed by atoms with Crippen LogP contribution in [0.5, 0.6) is 17.2 Å². The summed E-state index contributed by atoms with van der Waals surface area (Å²) >= 11 is 0. The van der Waals surface area contributed by atoms with Gasteiger partial charge in [0.05, 0.1) is 20.3 Å². The van der Waals surface area contributed by atoms with Crippen LogP contribution in [0.2, 0.25) is 0 Å². The van der Waals surface area contributed by atoms with Crippen LogP contribution in [0, 0.1) is 12.3 Å². The van der Waals surface area contributed by atoms with Crippen molar-refractivity contribution in [1.29, 1.82) is 0 Å². The van der Waals surface area contributed by atoms with Gasteiger partial charge in [0.25, 0.3) is 0 Å². The second kappa shape index (κ2) is 11.0. The van der Waals surface area contributed by atoms with Crippen LogP contribution in [0.25, 0.3) is 0 Å². The van der Waals surface area contributed by atoms with E-state index in [1.807, 2.05) is 18.2 Å². The smallest absolute Gasteiger partial charge is 0.191 e. The molecule has 0 fully saturated rings. The Morgan fingerprint density at radius 1 is 1.17 bits per heavy atom. The summed E-state index contributed by atoms with van der Waals surface area (Å²) in [6, 6.07) is 12.2. The predicted octanol–water partition coefficient (Wildman–Crippen LogP) is 2.94. The highest BCUT2D eigenvalue weighted by atomic mass is 16.5. The number of fused-ring (bicyclic) bond motifs is 1.